The van der Waals surface area contributed by atoms with E-state index in [4.69, 9.17) is 4.74 Å². The molecule has 2 aliphatic carbocycles. The highest BCUT2D eigenvalue weighted by atomic mass is 127. The largest absolute Gasteiger partial charge is 0.391 e. The van der Waals surface area contributed by atoms with Crippen LogP contribution in [0.1, 0.15) is 52.4 Å². The molecule has 3 rings (SSSR count). The Labute approximate surface area is 163 Å². The number of hydrogen-bond acceptors (Lipinski definition) is 3. The van der Waals surface area contributed by atoms with Crippen LogP contribution >= 0.6 is 24.0 Å². The summed E-state index contributed by atoms with van der Waals surface area (Å²) in [5.74, 6) is 1.84. The van der Waals surface area contributed by atoms with Crippen LogP contribution in [0.5, 0.6) is 0 Å². The van der Waals surface area contributed by atoms with Gasteiger partial charge in [0.15, 0.2) is 5.96 Å². The Morgan fingerprint density at radius 2 is 1.96 bits per heavy atom. The number of aliphatic hydroxyl groups is 1. The van der Waals surface area contributed by atoms with Gasteiger partial charge in [0, 0.05) is 37.6 Å². The summed E-state index contributed by atoms with van der Waals surface area (Å²) in [4.78, 5) is 4.35. The molecule has 3 aliphatic rings. The number of halogens is 1. The Morgan fingerprint density at radius 3 is 2.62 bits per heavy atom. The Bertz CT molecular complexity index is 438. The summed E-state index contributed by atoms with van der Waals surface area (Å²) < 4.78 is 5.85. The van der Waals surface area contributed by atoms with Gasteiger partial charge in [-0.1, -0.05) is 33.1 Å². The first-order valence-electron chi connectivity index (χ1n) is 9.31. The van der Waals surface area contributed by atoms with Gasteiger partial charge in [-0.15, -0.1) is 24.0 Å². The first-order chi connectivity index (χ1) is 11.0. The van der Waals surface area contributed by atoms with Gasteiger partial charge in [0.05, 0.1) is 12.2 Å². The zero-order valence-electron chi connectivity index (χ0n) is 15.3. The van der Waals surface area contributed by atoms with Gasteiger partial charge in [-0.3, -0.25) is 4.99 Å². The maximum absolute atomic E-state index is 10.4. The first-order valence-corrected chi connectivity index (χ1v) is 9.31. The average molecular weight is 451 g/mol. The first kappa shape index (κ1) is 20.2. The molecule has 0 spiro atoms. The fraction of sp³-hybridized carbons (Fsp3) is 0.944. The summed E-state index contributed by atoms with van der Waals surface area (Å²) in [7, 11) is 1.80. The van der Waals surface area contributed by atoms with E-state index in [0.717, 1.165) is 31.8 Å². The van der Waals surface area contributed by atoms with Crippen molar-refractivity contribution in [1.29, 1.82) is 0 Å². The highest BCUT2D eigenvalue weighted by Gasteiger charge is 2.59. The van der Waals surface area contributed by atoms with Crippen molar-refractivity contribution in [3.05, 3.63) is 0 Å². The summed E-state index contributed by atoms with van der Waals surface area (Å²) >= 11 is 0. The summed E-state index contributed by atoms with van der Waals surface area (Å²) in [6.45, 7) is 5.99. The molecule has 0 radical (unpaired) electrons. The molecule has 4 unspecified atom stereocenters. The van der Waals surface area contributed by atoms with Crippen LogP contribution < -0.4 is 10.6 Å². The minimum absolute atomic E-state index is 0. The number of fused-ring (bicyclic) bond motifs is 1. The fourth-order valence-corrected chi connectivity index (χ4v) is 4.85. The van der Waals surface area contributed by atoms with E-state index in [0.29, 0.717) is 30.5 Å². The molecule has 1 aliphatic heterocycles. The highest BCUT2D eigenvalue weighted by molar-refractivity contribution is 14.0. The van der Waals surface area contributed by atoms with E-state index >= 15 is 0 Å². The van der Waals surface area contributed by atoms with E-state index in [-0.39, 0.29) is 35.5 Å². The second kappa shape index (κ2) is 8.54. The molecular weight excluding hydrogens is 417 g/mol. The molecule has 0 amide bonds. The van der Waals surface area contributed by atoms with Gasteiger partial charge in [-0.2, -0.15) is 0 Å². The Morgan fingerprint density at radius 1 is 1.25 bits per heavy atom. The molecule has 1 heterocycles. The van der Waals surface area contributed by atoms with Gasteiger partial charge in [0.25, 0.3) is 0 Å². The zero-order chi connectivity index (χ0) is 16.4. The number of nitrogens with zero attached hydrogens (tertiary/aromatic N) is 1. The van der Waals surface area contributed by atoms with E-state index in [1.165, 1.54) is 19.3 Å². The van der Waals surface area contributed by atoms with Gasteiger partial charge >= 0.3 is 0 Å². The van der Waals surface area contributed by atoms with Gasteiger partial charge in [-0.05, 0) is 25.2 Å². The summed E-state index contributed by atoms with van der Waals surface area (Å²) in [5, 5.41) is 17.3. The summed E-state index contributed by atoms with van der Waals surface area (Å²) in [6.07, 6.45) is 7.39. The molecule has 1 saturated heterocycles. The monoisotopic (exact) mass is 451 g/mol. The Hall–Kier alpha value is -0.0800. The van der Waals surface area contributed by atoms with E-state index in [1.54, 1.807) is 7.05 Å². The van der Waals surface area contributed by atoms with Crippen molar-refractivity contribution in [2.24, 2.45) is 22.2 Å². The molecule has 0 aromatic heterocycles. The topological polar surface area (TPSA) is 65.9 Å². The molecule has 24 heavy (non-hydrogen) atoms. The lowest BCUT2D eigenvalue weighted by Gasteiger charge is -2.55. The maximum Gasteiger partial charge on any atom is 0.191 e. The minimum atomic E-state index is -0.272. The molecule has 4 atom stereocenters. The van der Waals surface area contributed by atoms with Crippen LogP contribution in [0.2, 0.25) is 0 Å². The van der Waals surface area contributed by atoms with Gasteiger partial charge in [0.1, 0.15) is 0 Å². The lowest BCUT2D eigenvalue weighted by atomic mass is 9.57. The van der Waals surface area contributed by atoms with Gasteiger partial charge < -0.3 is 20.5 Å². The van der Waals surface area contributed by atoms with Crippen LogP contribution in [0.3, 0.4) is 0 Å². The molecule has 0 bridgehead atoms. The van der Waals surface area contributed by atoms with Crippen LogP contribution in [-0.2, 0) is 4.74 Å². The lowest BCUT2D eigenvalue weighted by Crippen LogP contribution is -2.68. The highest BCUT2D eigenvalue weighted by Crippen LogP contribution is 2.52. The standard InChI is InChI=1S/C18H33N3O2.HI/c1-18(2)15(13-9-10-23-16(13)18)21-17(19-3)20-11-14(22)12-7-5-4-6-8-12;/h12-16,22H,4-11H2,1-3H3,(H2,19,20,21);1H. The number of ether oxygens (including phenoxy) is 1. The third kappa shape index (κ3) is 4.01. The predicted octanol–water partition coefficient (Wildman–Crippen LogP) is 2.52. The smallest absolute Gasteiger partial charge is 0.191 e. The number of rotatable bonds is 4. The number of nitrogens with one attached hydrogen (secondary N) is 2. The molecule has 0 aromatic rings. The summed E-state index contributed by atoms with van der Waals surface area (Å²) in [5.41, 5.74) is 0.140. The molecule has 3 fully saturated rings. The molecule has 2 saturated carbocycles. The summed E-state index contributed by atoms with van der Waals surface area (Å²) in [6, 6.07) is 0.396. The quantitative estimate of drug-likeness (QED) is 0.349. The van der Waals surface area contributed by atoms with E-state index in [1.807, 2.05) is 0 Å². The Kier molecular flexibility index (Phi) is 7.20. The van der Waals surface area contributed by atoms with Crippen molar-refractivity contribution in [1.82, 2.24) is 10.6 Å². The minimum Gasteiger partial charge on any atom is -0.391 e. The van der Waals surface area contributed by atoms with Crippen molar-refractivity contribution in [3.63, 3.8) is 0 Å². The maximum atomic E-state index is 10.4. The van der Waals surface area contributed by atoms with E-state index in [9.17, 15) is 5.11 Å². The molecule has 5 nitrogen and oxygen atoms in total. The van der Waals surface area contributed by atoms with Crippen LogP contribution in [-0.4, -0.2) is 49.5 Å². The van der Waals surface area contributed by atoms with Crippen LogP contribution in [0.25, 0.3) is 0 Å². The average Bonchev–Trinajstić information content (AvgIpc) is 3.02. The van der Waals surface area contributed by atoms with Crippen LogP contribution in [0, 0.1) is 17.3 Å². The number of hydrogen-bond donors (Lipinski definition) is 3. The van der Waals surface area contributed by atoms with Crippen LogP contribution in [0.4, 0.5) is 0 Å². The third-order valence-electron chi connectivity index (χ3n) is 6.29. The lowest BCUT2D eigenvalue weighted by molar-refractivity contribution is -0.106. The molecule has 0 aromatic carbocycles. The second-order valence-corrected chi connectivity index (χ2v) is 8.11. The number of guanidine groups is 1. The SMILES string of the molecule is CN=C(NCC(O)C1CCCCC1)NC1C2CCOC2C1(C)C.I. The zero-order valence-corrected chi connectivity index (χ0v) is 17.6. The number of aliphatic hydroxyl groups excluding tert-OH is 1. The van der Waals surface area contributed by atoms with Crippen molar-refractivity contribution in [2.75, 3.05) is 20.2 Å². The molecule has 6 heteroatoms. The molecule has 140 valence electrons. The van der Waals surface area contributed by atoms with Crippen molar-refractivity contribution >= 4 is 29.9 Å². The van der Waals surface area contributed by atoms with E-state index < -0.39 is 0 Å². The second-order valence-electron chi connectivity index (χ2n) is 8.11. The fourth-order valence-electron chi connectivity index (χ4n) is 4.85. The predicted molar refractivity (Wildman–Crippen MR) is 108 cm³/mol. The van der Waals surface area contributed by atoms with Crippen LogP contribution in [0.15, 0.2) is 4.99 Å². The van der Waals surface area contributed by atoms with Gasteiger partial charge in [0.2, 0.25) is 0 Å². The molecular formula is C18H34IN3O2. The van der Waals surface area contributed by atoms with E-state index in [2.05, 4.69) is 29.5 Å². The van der Waals surface area contributed by atoms with Crippen molar-refractivity contribution in [2.45, 2.75) is 70.6 Å². The van der Waals surface area contributed by atoms with Crippen molar-refractivity contribution < 1.29 is 9.84 Å². The third-order valence-corrected chi connectivity index (χ3v) is 6.29. The number of aliphatic imine (C=N–C) groups is 1. The van der Waals surface area contributed by atoms with Crippen molar-refractivity contribution in [3.8, 4) is 0 Å². The molecule has 3 N–H and O–H groups in total. The van der Waals surface area contributed by atoms with Gasteiger partial charge in [-0.25, -0.2) is 0 Å². The Balaban J connectivity index is 0.00000208. The normalized spacial score (nSPS) is 33.8.